The van der Waals surface area contributed by atoms with Crippen LogP contribution in [0, 0.1) is 5.92 Å². The van der Waals surface area contributed by atoms with Crippen molar-refractivity contribution < 1.29 is 14.3 Å². The van der Waals surface area contributed by atoms with Gasteiger partial charge in [0.2, 0.25) is 6.41 Å². The zero-order valence-corrected chi connectivity index (χ0v) is 14.3. The van der Waals surface area contributed by atoms with E-state index in [-0.39, 0.29) is 11.5 Å². The lowest BCUT2D eigenvalue weighted by molar-refractivity contribution is -0.121. The molecule has 1 amide bonds. The average Bonchev–Trinajstić information content (AvgIpc) is 2.42. The summed E-state index contributed by atoms with van der Waals surface area (Å²) in [5.41, 5.74) is 0.0417. The first kappa shape index (κ1) is 21.4. The second kappa shape index (κ2) is 11.9. The van der Waals surface area contributed by atoms with Crippen molar-refractivity contribution >= 4 is 12.2 Å². The van der Waals surface area contributed by atoms with Gasteiger partial charge in [-0.1, -0.05) is 13.8 Å². The third kappa shape index (κ3) is 12.2. The van der Waals surface area contributed by atoms with Crippen LogP contribution in [0.5, 0.6) is 0 Å². The van der Waals surface area contributed by atoms with Gasteiger partial charge < -0.3 is 10.1 Å². The summed E-state index contributed by atoms with van der Waals surface area (Å²) in [6, 6.07) is 0.304. The zero-order valence-electron chi connectivity index (χ0n) is 14.3. The van der Waals surface area contributed by atoms with Crippen LogP contribution in [0.15, 0.2) is 0 Å². The van der Waals surface area contributed by atoms with E-state index < -0.39 is 0 Å². The normalized spacial score (nSPS) is 21.6. The van der Waals surface area contributed by atoms with Gasteiger partial charge in [0, 0.05) is 19.1 Å². The van der Waals surface area contributed by atoms with Crippen LogP contribution in [0.4, 0.5) is 0 Å². The van der Waals surface area contributed by atoms with E-state index in [0.717, 1.165) is 32.1 Å². The Bertz CT molecular complexity index is 251. The monoisotopic (exact) mass is 287 g/mol. The van der Waals surface area contributed by atoms with Crippen molar-refractivity contribution in [3.63, 3.8) is 0 Å². The molecule has 120 valence electrons. The van der Waals surface area contributed by atoms with Crippen molar-refractivity contribution in [3.8, 4) is 0 Å². The SMILES string of the molecule is CC.CC(=O)C1CCC(NC=O)CC1.COC(C)(C)C. The number of Topliss-reactive ketones (excluding diaryl/α,β-unsaturated/α-hetero) is 1. The third-order valence-corrected chi connectivity index (χ3v) is 3.22. The van der Waals surface area contributed by atoms with E-state index in [2.05, 4.69) is 5.32 Å². The van der Waals surface area contributed by atoms with Crippen LogP contribution in [0.2, 0.25) is 0 Å². The molecule has 1 rings (SSSR count). The average molecular weight is 287 g/mol. The Labute approximate surface area is 124 Å². The molecule has 0 bridgehead atoms. The van der Waals surface area contributed by atoms with Crippen LogP contribution in [-0.2, 0) is 14.3 Å². The molecule has 4 heteroatoms. The van der Waals surface area contributed by atoms with E-state index in [0.29, 0.717) is 11.8 Å². The molecule has 20 heavy (non-hydrogen) atoms. The van der Waals surface area contributed by atoms with Gasteiger partial charge in [0.25, 0.3) is 0 Å². The summed E-state index contributed by atoms with van der Waals surface area (Å²) < 4.78 is 4.94. The fourth-order valence-electron chi connectivity index (χ4n) is 1.76. The molecule has 0 aromatic rings. The highest BCUT2D eigenvalue weighted by Gasteiger charge is 2.23. The molecule has 0 heterocycles. The van der Waals surface area contributed by atoms with Crippen LogP contribution >= 0.6 is 0 Å². The molecule has 0 aromatic heterocycles. The highest BCUT2D eigenvalue weighted by Crippen LogP contribution is 2.24. The number of amides is 1. The second-order valence-corrected chi connectivity index (χ2v) is 5.76. The minimum absolute atomic E-state index is 0.0417. The molecule has 0 spiro atoms. The van der Waals surface area contributed by atoms with Crippen molar-refractivity contribution in [1.82, 2.24) is 5.32 Å². The van der Waals surface area contributed by atoms with Crippen molar-refractivity contribution in [1.29, 1.82) is 0 Å². The summed E-state index contributed by atoms with van der Waals surface area (Å²) in [4.78, 5) is 21.1. The smallest absolute Gasteiger partial charge is 0.207 e. The van der Waals surface area contributed by atoms with E-state index in [9.17, 15) is 9.59 Å². The van der Waals surface area contributed by atoms with E-state index in [1.54, 1.807) is 14.0 Å². The van der Waals surface area contributed by atoms with Gasteiger partial charge in [-0.25, -0.2) is 0 Å². The standard InChI is InChI=1S/C9H15NO2.C5H12O.C2H6/c1-7(12)8-2-4-9(5-3-8)10-6-11;1-5(2,3)6-4;1-2/h6,8-9H,2-5H2,1H3,(H,10,11);1-4H3;1-2H3. The van der Waals surface area contributed by atoms with E-state index in [1.165, 1.54) is 0 Å². The van der Waals surface area contributed by atoms with Gasteiger partial charge in [0.1, 0.15) is 5.78 Å². The van der Waals surface area contributed by atoms with Crippen molar-refractivity contribution in [2.75, 3.05) is 7.11 Å². The fraction of sp³-hybridized carbons (Fsp3) is 0.875. The molecule has 0 atom stereocenters. The van der Waals surface area contributed by atoms with Gasteiger partial charge in [0.15, 0.2) is 0 Å². The molecule has 0 radical (unpaired) electrons. The van der Waals surface area contributed by atoms with Crippen LogP contribution in [0.3, 0.4) is 0 Å². The molecule has 0 unspecified atom stereocenters. The predicted molar refractivity (Wildman–Crippen MR) is 83.7 cm³/mol. The number of ketones is 1. The number of carbonyl (C=O) groups is 2. The lowest BCUT2D eigenvalue weighted by Gasteiger charge is -2.26. The molecule has 1 aliphatic rings. The maximum atomic E-state index is 11.0. The van der Waals surface area contributed by atoms with Gasteiger partial charge in [-0.3, -0.25) is 9.59 Å². The lowest BCUT2D eigenvalue weighted by atomic mass is 9.84. The molecule has 1 fully saturated rings. The Morgan fingerprint density at radius 3 is 1.80 bits per heavy atom. The first-order chi connectivity index (χ1) is 9.30. The topological polar surface area (TPSA) is 55.4 Å². The maximum absolute atomic E-state index is 11.0. The Morgan fingerprint density at radius 2 is 1.55 bits per heavy atom. The third-order valence-electron chi connectivity index (χ3n) is 3.22. The molecule has 1 N–H and O–H groups in total. The van der Waals surface area contributed by atoms with Crippen molar-refractivity contribution in [2.24, 2.45) is 5.92 Å². The maximum Gasteiger partial charge on any atom is 0.207 e. The van der Waals surface area contributed by atoms with Gasteiger partial charge in [-0.2, -0.15) is 0 Å². The Balaban J connectivity index is 0. The summed E-state index contributed by atoms with van der Waals surface area (Å²) >= 11 is 0. The minimum atomic E-state index is 0.0417. The molecule has 0 aliphatic heterocycles. The first-order valence-electron chi connectivity index (χ1n) is 7.55. The molecular formula is C16H33NO3. The number of nitrogens with one attached hydrogen (secondary N) is 1. The zero-order chi connectivity index (χ0) is 16.2. The minimum Gasteiger partial charge on any atom is -0.379 e. The second-order valence-electron chi connectivity index (χ2n) is 5.76. The highest BCUT2D eigenvalue weighted by molar-refractivity contribution is 5.78. The van der Waals surface area contributed by atoms with Crippen LogP contribution < -0.4 is 5.32 Å². The van der Waals surface area contributed by atoms with Crippen LogP contribution in [-0.4, -0.2) is 30.9 Å². The first-order valence-corrected chi connectivity index (χ1v) is 7.55. The van der Waals surface area contributed by atoms with Crippen LogP contribution in [0.25, 0.3) is 0 Å². The summed E-state index contributed by atoms with van der Waals surface area (Å²) in [5, 5.41) is 2.75. The molecule has 1 aliphatic carbocycles. The van der Waals surface area contributed by atoms with E-state index in [1.807, 2.05) is 34.6 Å². The van der Waals surface area contributed by atoms with Gasteiger partial charge in [-0.05, 0) is 53.4 Å². The summed E-state index contributed by atoms with van der Waals surface area (Å²) in [6.07, 6.45) is 4.51. The Morgan fingerprint density at radius 1 is 1.15 bits per heavy atom. The molecule has 0 saturated heterocycles. The number of methoxy groups -OCH3 is 1. The van der Waals surface area contributed by atoms with Crippen molar-refractivity contribution in [3.05, 3.63) is 0 Å². The van der Waals surface area contributed by atoms with E-state index >= 15 is 0 Å². The Kier molecular flexibility index (Phi) is 12.7. The fourth-order valence-corrected chi connectivity index (χ4v) is 1.76. The quantitative estimate of drug-likeness (QED) is 0.810. The largest absolute Gasteiger partial charge is 0.379 e. The van der Waals surface area contributed by atoms with Crippen molar-refractivity contribution in [2.45, 2.75) is 78.9 Å². The van der Waals surface area contributed by atoms with Gasteiger partial charge in [-0.15, -0.1) is 0 Å². The van der Waals surface area contributed by atoms with Gasteiger partial charge >= 0.3 is 0 Å². The van der Waals surface area contributed by atoms with E-state index in [4.69, 9.17) is 4.74 Å². The summed E-state index contributed by atoms with van der Waals surface area (Å²) in [5.74, 6) is 0.536. The molecule has 4 nitrogen and oxygen atoms in total. The predicted octanol–water partition coefficient (Wildman–Crippen LogP) is 3.34. The number of hydrogen-bond acceptors (Lipinski definition) is 3. The number of rotatable bonds is 3. The summed E-state index contributed by atoms with van der Waals surface area (Å²) in [6.45, 7) is 11.7. The number of ether oxygens (including phenoxy) is 1. The van der Waals surface area contributed by atoms with Crippen LogP contribution in [0.1, 0.15) is 67.2 Å². The molecule has 0 aromatic carbocycles. The number of carbonyl (C=O) groups excluding carboxylic acids is 2. The molecular weight excluding hydrogens is 254 g/mol. The Hall–Kier alpha value is -0.900. The highest BCUT2D eigenvalue weighted by atomic mass is 16.5. The summed E-state index contributed by atoms with van der Waals surface area (Å²) in [7, 11) is 1.71. The number of hydrogen-bond donors (Lipinski definition) is 1. The lowest BCUT2D eigenvalue weighted by Crippen LogP contribution is -2.33. The molecule has 1 saturated carbocycles. The van der Waals surface area contributed by atoms with Gasteiger partial charge in [0.05, 0.1) is 5.60 Å².